The second kappa shape index (κ2) is 3.96. The maximum Gasteiger partial charge on any atom is 0.241 e. The van der Waals surface area contributed by atoms with Crippen LogP contribution in [0.15, 0.2) is 41.3 Å². The Hall–Kier alpha value is -1.59. The smallest absolute Gasteiger partial charge is 0.241 e. The monoisotopic (exact) mass is 262 g/mol. The van der Waals surface area contributed by atoms with Crippen molar-refractivity contribution in [3.8, 4) is 0 Å². The molecule has 0 unspecified atom stereocenters. The molecule has 0 atom stereocenters. The van der Waals surface area contributed by atoms with E-state index in [4.69, 9.17) is 5.73 Å². The summed E-state index contributed by atoms with van der Waals surface area (Å²) >= 11 is 0. The molecular weight excluding hydrogens is 248 g/mol. The fourth-order valence-corrected chi connectivity index (χ4v) is 3.53. The predicted octanol–water partition coefficient (Wildman–Crippen LogP) is 1.86. The molecule has 0 heterocycles. The van der Waals surface area contributed by atoms with E-state index in [-0.39, 0.29) is 6.04 Å². The summed E-state index contributed by atoms with van der Waals surface area (Å²) in [6, 6.07) is 10.6. The van der Waals surface area contributed by atoms with Gasteiger partial charge in [0.1, 0.15) is 0 Å². The zero-order valence-corrected chi connectivity index (χ0v) is 10.6. The fourth-order valence-electron chi connectivity index (χ4n) is 1.99. The number of nitrogens with one attached hydrogen (secondary N) is 1. The van der Waals surface area contributed by atoms with Gasteiger partial charge < -0.3 is 5.73 Å². The Bertz CT molecular complexity index is 706. The van der Waals surface area contributed by atoms with Gasteiger partial charge in [-0.1, -0.05) is 18.2 Å². The van der Waals surface area contributed by atoms with Crippen LogP contribution in [0.4, 0.5) is 5.69 Å². The summed E-state index contributed by atoms with van der Waals surface area (Å²) in [5, 5.41) is 1.55. The molecule has 3 rings (SSSR count). The largest absolute Gasteiger partial charge is 0.399 e. The van der Waals surface area contributed by atoms with Gasteiger partial charge in [-0.25, -0.2) is 13.1 Å². The minimum atomic E-state index is -3.43. The van der Waals surface area contributed by atoms with Crippen LogP contribution in [-0.2, 0) is 10.0 Å². The van der Waals surface area contributed by atoms with Gasteiger partial charge in [0.25, 0.3) is 0 Å². The van der Waals surface area contributed by atoms with Crippen LogP contribution in [0.2, 0.25) is 0 Å². The molecule has 0 aromatic heterocycles. The molecule has 2 aromatic rings. The summed E-state index contributed by atoms with van der Waals surface area (Å²) < 4.78 is 27.2. The molecule has 0 bridgehead atoms. The molecule has 0 amide bonds. The molecule has 0 radical (unpaired) electrons. The summed E-state index contributed by atoms with van der Waals surface area (Å²) in [6.45, 7) is 0. The van der Waals surface area contributed by atoms with Crippen LogP contribution < -0.4 is 10.5 Å². The van der Waals surface area contributed by atoms with Gasteiger partial charge in [-0.2, -0.15) is 0 Å². The summed E-state index contributed by atoms with van der Waals surface area (Å²) in [6.07, 6.45) is 1.86. The predicted molar refractivity (Wildman–Crippen MR) is 71.7 cm³/mol. The third-order valence-corrected chi connectivity index (χ3v) is 4.63. The third-order valence-electron chi connectivity index (χ3n) is 3.05. The number of anilines is 1. The van der Waals surface area contributed by atoms with Crippen LogP contribution in [0.25, 0.3) is 10.8 Å². The second-order valence-corrected chi connectivity index (χ2v) is 6.31. The molecule has 0 aliphatic heterocycles. The fraction of sp³-hybridized carbons (Fsp3) is 0.231. The second-order valence-electron chi connectivity index (χ2n) is 4.63. The summed E-state index contributed by atoms with van der Waals surface area (Å²) in [7, 11) is -3.43. The van der Waals surface area contributed by atoms with Crippen molar-refractivity contribution in [1.82, 2.24) is 4.72 Å². The highest BCUT2D eigenvalue weighted by Crippen LogP contribution is 2.27. The first-order valence-electron chi connectivity index (χ1n) is 5.87. The first kappa shape index (κ1) is 11.5. The highest BCUT2D eigenvalue weighted by Gasteiger charge is 2.28. The summed E-state index contributed by atoms with van der Waals surface area (Å²) in [5.41, 5.74) is 6.34. The van der Waals surface area contributed by atoms with Gasteiger partial charge >= 0.3 is 0 Å². The van der Waals surface area contributed by atoms with Gasteiger partial charge in [0, 0.05) is 17.1 Å². The highest BCUT2D eigenvalue weighted by molar-refractivity contribution is 7.89. The first-order valence-corrected chi connectivity index (χ1v) is 7.35. The van der Waals surface area contributed by atoms with Gasteiger partial charge in [-0.15, -0.1) is 0 Å². The lowest BCUT2D eigenvalue weighted by Crippen LogP contribution is -2.25. The van der Waals surface area contributed by atoms with Crippen LogP contribution in [0.5, 0.6) is 0 Å². The molecule has 5 heteroatoms. The van der Waals surface area contributed by atoms with Crippen molar-refractivity contribution < 1.29 is 8.42 Å². The number of sulfonamides is 1. The summed E-state index contributed by atoms with van der Waals surface area (Å²) in [5.74, 6) is 0. The van der Waals surface area contributed by atoms with Crippen molar-refractivity contribution in [2.75, 3.05) is 5.73 Å². The lowest BCUT2D eigenvalue weighted by molar-refractivity contribution is 0.582. The van der Waals surface area contributed by atoms with E-state index in [1.54, 1.807) is 30.3 Å². The average molecular weight is 262 g/mol. The van der Waals surface area contributed by atoms with E-state index < -0.39 is 10.0 Å². The molecular formula is C13H14N2O2S. The minimum absolute atomic E-state index is 0.110. The Morgan fingerprint density at radius 2 is 1.94 bits per heavy atom. The van der Waals surface area contributed by atoms with E-state index in [1.165, 1.54) is 0 Å². The Morgan fingerprint density at radius 3 is 2.67 bits per heavy atom. The van der Waals surface area contributed by atoms with Gasteiger partial charge in [-0.05, 0) is 36.4 Å². The number of hydrogen-bond donors (Lipinski definition) is 2. The number of nitrogen functional groups attached to an aromatic ring is 1. The number of fused-ring (bicyclic) bond motifs is 1. The van der Waals surface area contributed by atoms with E-state index in [0.717, 1.165) is 18.2 Å². The Kier molecular flexibility index (Phi) is 2.53. The van der Waals surface area contributed by atoms with Crippen LogP contribution >= 0.6 is 0 Å². The van der Waals surface area contributed by atoms with E-state index in [0.29, 0.717) is 16.0 Å². The highest BCUT2D eigenvalue weighted by atomic mass is 32.2. The number of rotatable bonds is 3. The Labute approximate surface area is 106 Å². The maximum atomic E-state index is 12.2. The van der Waals surface area contributed by atoms with Crippen molar-refractivity contribution >= 4 is 26.5 Å². The van der Waals surface area contributed by atoms with E-state index >= 15 is 0 Å². The average Bonchev–Trinajstić information content (AvgIpc) is 3.11. The molecule has 1 saturated carbocycles. The van der Waals surface area contributed by atoms with E-state index in [2.05, 4.69) is 4.72 Å². The molecule has 0 spiro atoms. The summed E-state index contributed by atoms with van der Waals surface area (Å²) in [4.78, 5) is 0.326. The Balaban J connectivity index is 2.16. The normalized spacial score (nSPS) is 16.0. The molecule has 1 fully saturated rings. The molecule has 1 aliphatic carbocycles. The quantitative estimate of drug-likeness (QED) is 0.829. The third kappa shape index (κ3) is 2.07. The number of nitrogens with two attached hydrogens (primary N) is 1. The van der Waals surface area contributed by atoms with Crippen LogP contribution in [-0.4, -0.2) is 14.5 Å². The van der Waals surface area contributed by atoms with Crippen molar-refractivity contribution in [2.24, 2.45) is 0 Å². The van der Waals surface area contributed by atoms with Crippen LogP contribution in [0.1, 0.15) is 12.8 Å². The van der Waals surface area contributed by atoms with Gasteiger partial charge in [0.05, 0.1) is 4.90 Å². The zero-order valence-electron chi connectivity index (χ0n) is 9.76. The van der Waals surface area contributed by atoms with Gasteiger partial charge in [0.15, 0.2) is 0 Å². The zero-order chi connectivity index (χ0) is 12.8. The molecule has 18 heavy (non-hydrogen) atoms. The first-order chi connectivity index (χ1) is 8.56. The standard InChI is InChI=1S/C13H14N2O2S/c14-10-4-7-12-9(8-10)2-1-3-13(12)18(16,17)15-11-5-6-11/h1-4,7-8,11,15H,5-6,14H2. The Morgan fingerprint density at radius 1 is 1.17 bits per heavy atom. The van der Waals surface area contributed by atoms with E-state index in [9.17, 15) is 8.42 Å². The minimum Gasteiger partial charge on any atom is -0.399 e. The lowest BCUT2D eigenvalue weighted by atomic mass is 10.1. The number of hydrogen-bond acceptors (Lipinski definition) is 3. The molecule has 1 aliphatic rings. The molecule has 3 N–H and O–H groups in total. The molecule has 0 saturated heterocycles. The topological polar surface area (TPSA) is 72.2 Å². The molecule has 94 valence electrons. The lowest BCUT2D eigenvalue weighted by Gasteiger charge is -2.09. The van der Waals surface area contributed by atoms with Gasteiger partial charge in [0.2, 0.25) is 10.0 Å². The van der Waals surface area contributed by atoms with E-state index in [1.807, 2.05) is 6.07 Å². The molecule has 4 nitrogen and oxygen atoms in total. The van der Waals surface area contributed by atoms with Crippen molar-refractivity contribution in [1.29, 1.82) is 0 Å². The molecule has 2 aromatic carbocycles. The van der Waals surface area contributed by atoms with Crippen LogP contribution in [0, 0.1) is 0 Å². The van der Waals surface area contributed by atoms with Crippen molar-refractivity contribution in [3.05, 3.63) is 36.4 Å². The van der Waals surface area contributed by atoms with Crippen LogP contribution in [0.3, 0.4) is 0 Å². The van der Waals surface area contributed by atoms with Gasteiger partial charge in [-0.3, -0.25) is 0 Å². The number of benzene rings is 2. The van der Waals surface area contributed by atoms with Crippen molar-refractivity contribution in [2.45, 2.75) is 23.8 Å². The SMILES string of the molecule is Nc1ccc2c(S(=O)(=O)NC3CC3)cccc2c1. The maximum absolute atomic E-state index is 12.2. The van der Waals surface area contributed by atoms with Crippen molar-refractivity contribution in [3.63, 3.8) is 0 Å².